The molecule has 106 valence electrons. The third-order valence-corrected chi connectivity index (χ3v) is 3.13. The fourth-order valence-electron chi connectivity index (χ4n) is 2.38. The van der Waals surface area contributed by atoms with E-state index >= 15 is 0 Å². The van der Waals surface area contributed by atoms with Crippen molar-refractivity contribution < 1.29 is 24.6 Å². The number of carboxylic acids is 1. The van der Waals surface area contributed by atoms with Crippen LogP contribution in [0.2, 0.25) is 0 Å². The molecule has 1 aromatic rings. The summed E-state index contributed by atoms with van der Waals surface area (Å²) in [6, 6.07) is 5.38. The van der Waals surface area contributed by atoms with E-state index in [1.54, 1.807) is 0 Å². The zero-order valence-electron chi connectivity index (χ0n) is 10.1. The second kappa shape index (κ2) is 4.42. The number of carbonyl (C=O) groups is 1. The molecule has 1 heterocycles. The first-order chi connectivity index (χ1) is 9.37. The first-order valence-corrected chi connectivity index (χ1v) is 5.33. The van der Waals surface area contributed by atoms with Crippen LogP contribution >= 0.6 is 0 Å². The van der Waals surface area contributed by atoms with Crippen LogP contribution in [0.5, 0.6) is 0 Å². The van der Waals surface area contributed by atoms with E-state index in [1.807, 2.05) is 0 Å². The van der Waals surface area contributed by atoms with Crippen molar-refractivity contribution in [3.8, 4) is 0 Å². The van der Waals surface area contributed by atoms with Crippen LogP contribution in [0.25, 0.3) is 0 Å². The molecule has 1 aromatic carbocycles. The number of aliphatic carboxylic acids is 1. The smallest absolute Gasteiger partial charge is 0.479 e. The van der Waals surface area contributed by atoms with E-state index in [4.69, 9.17) is 4.74 Å². The normalized spacial score (nSPS) is 24.2. The number of para-hydroxylation sites is 1. The molecule has 0 radical (unpaired) electrons. The van der Waals surface area contributed by atoms with E-state index in [0.29, 0.717) is 0 Å². The number of nitro groups is 2. The fraction of sp³-hybridized carbons (Fsp3) is 0.300. The van der Waals surface area contributed by atoms with Crippen LogP contribution in [0.4, 0.5) is 5.69 Å². The number of hydrogen-bond acceptors (Lipinski definition) is 6. The Hall–Kier alpha value is -2.75. The van der Waals surface area contributed by atoms with Crippen molar-refractivity contribution >= 4 is 11.7 Å². The summed E-state index contributed by atoms with van der Waals surface area (Å²) in [6.45, 7) is 0. The molecule has 1 N–H and O–H groups in total. The Kier molecular flexibility index (Phi) is 3.02. The highest BCUT2D eigenvalue weighted by Gasteiger charge is 2.72. The Balaban J connectivity index is 2.81. The van der Waals surface area contributed by atoms with Crippen LogP contribution in [0.3, 0.4) is 0 Å². The first kappa shape index (κ1) is 13.7. The van der Waals surface area contributed by atoms with Gasteiger partial charge in [0, 0.05) is 17.7 Å². The Bertz CT molecular complexity index is 561. The molecule has 2 unspecified atom stereocenters. The minimum atomic E-state index is -2.82. The maximum atomic E-state index is 11.4. The number of benzene rings is 1. The van der Waals surface area contributed by atoms with Crippen molar-refractivity contribution in [1.82, 2.24) is 0 Å². The first-order valence-electron chi connectivity index (χ1n) is 5.33. The summed E-state index contributed by atoms with van der Waals surface area (Å²) in [4.78, 5) is 32.8. The summed E-state index contributed by atoms with van der Waals surface area (Å²) in [5, 5.41) is 30.8. The van der Waals surface area contributed by atoms with Gasteiger partial charge < -0.3 is 5.11 Å². The minimum Gasteiger partial charge on any atom is -0.480 e. The molecular formula is C10H9N3O7. The number of fused-ring (bicyclic) bond motifs is 1. The molecule has 0 bridgehead atoms. The van der Waals surface area contributed by atoms with Crippen LogP contribution in [-0.2, 0) is 9.53 Å². The van der Waals surface area contributed by atoms with Gasteiger partial charge in [-0.15, -0.1) is 0 Å². The van der Waals surface area contributed by atoms with Crippen LogP contribution in [0.15, 0.2) is 24.3 Å². The Morgan fingerprint density at radius 1 is 1.40 bits per heavy atom. The fourth-order valence-corrected chi connectivity index (χ4v) is 2.38. The summed E-state index contributed by atoms with van der Waals surface area (Å²) in [5.74, 6) is -6.22. The van der Waals surface area contributed by atoms with Gasteiger partial charge in [-0.2, -0.15) is 0 Å². The molecule has 0 aliphatic carbocycles. The number of rotatable bonds is 4. The molecule has 10 nitrogen and oxygen atoms in total. The summed E-state index contributed by atoms with van der Waals surface area (Å²) in [6.07, 6.45) is 0. The van der Waals surface area contributed by atoms with Gasteiger partial charge in [-0.05, 0) is 6.07 Å². The Morgan fingerprint density at radius 3 is 2.45 bits per heavy atom. The zero-order valence-corrected chi connectivity index (χ0v) is 10.1. The van der Waals surface area contributed by atoms with E-state index in [1.165, 1.54) is 24.3 Å². The van der Waals surface area contributed by atoms with E-state index in [-0.39, 0.29) is 16.3 Å². The number of nitrogens with zero attached hydrogens (tertiary/aromatic N) is 3. The molecule has 1 aliphatic rings. The summed E-state index contributed by atoms with van der Waals surface area (Å²) < 4.78 is 4.69. The molecule has 0 saturated heterocycles. The molecule has 0 fully saturated rings. The average molecular weight is 283 g/mol. The van der Waals surface area contributed by atoms with Crippen molar-refractivity contribution in [1.29, 1.82) is 0 Å². The maximum Gasteiger partial charge on any atom is 0.479 e. The number of carboxylic acid groups (broad SMARTS) is 1. The van der Waals surface area contributed by atoms with Gasteiger partial charge in [0.1, 0.15) is 5.69 Å². The van der Waals surface area contributed by atoms with Crippen LogP contribution < -0.4 is 5.01 Å². The minimum absolute atomic E-state index is 0.0461. The van der Waals surface area contributed by atoms with Crippen molar-refractivity contribution in [2.45, 2.75) is 11.8 Å². The molecule has 2 atom stereocenters. The van der Waals surface area contributed by atoms with Crippen LogP contribution in [0, 0.1) is 20.2 Å². The second-order valence-corrected chi connectivity index (χ2v) is 4.00. The average Bonchev–Trinajstić information content (AvgIpc) is 2.69. The van der Waals surface area contributed by atoms with Gasteiger partial charge in [0.15, 0.2) is 5.03 Å². The number of hydrogen-bond donors (Lipinski definition) is 1. The SMILES string of the molecule is COC1([N+](=O)[O-])C(C(=O)O)c2ccccc2N1[N+](=O)[O-]. The van der Waals surface area contributed by atoms with Crippen molar-refractivity contribution in [2.75, 3.05) is 12.1 Å². The van der Waals surface area contributed by atoms with E-state index < -0.39 is 27.7 Å². The standard InChI is InChI=1S/C10H9N3O7/c1-20-10(12(16)17)8(9(14)15)6-4-2-3-5-7(6)11(10)13(18)19/h2-5,8H,1H3,(H,14,15). The van der Waals surface area contributed by atoms with Gasteiger partial charge in [0.25, 0.3) is 0 Å². The third kappa shape index (κ3) is 1.51. The molecule has 0 amide bonds. The largest absolute Gasteiger partial charge is 0.480 e. The number of ether oxygens (including phenoxy) is 1. The summed E-state index contributed by atoms with van der Waals surface area (Å²) in [7, 11) is 0.862. The van der Waals surface area contributed by atoms with Gasteiger partial charge in [-0.25, -0.2) is 10.1 Å². The predicted molar refractivity (Wildman–Crippen MR) is 63.0 cm³/mol. The number of methoxy groups -OCH3 is 1. The monoisotopic (exact) mass is 283 g/mol. The quantitative estimate of drug-likeness (QED) is 0.477. The maximum absolute atomic E-state index is 11.4. The van der Waals surface area contributed by atoms with Crippen molar-refractivity contribution in [3.05, 3.63) is 50.1 Å². The van der Waals surface area contributed by atoms with Gasteiger partial charge in [0.2, 0.25) is 5.92 Å². The highest BCUT2D eigenvalue weighted by molar-refractivity contribution is 5.84. The molecule has 20 heavy (non-hydrogen) atoms. The molecular weight excluding hydrogens is 274 g/mol. The highest BCUT2D eigenvalue weighted by Crippen LogP contribution is 2.48. The lowest BCUT2D eigenvalue weighted by atomic mass is 9.97. The van der Waals surface area contributed by atoms with Crippen LogP contribution in [0.1, 0.15) is 11.5 Å². The van der Waals surface area contributed by atoms with Gasteiger partial charge >= 0.3 is 11.8 Å². The highest BCUT2D eigenvalue weighted by atomic mass is 16.7. The lowest BCUT2D eigenvalue weighted by molar-refractivity contribution is -0.682. The van der Waals surface area contributed by atoms with E-state index in [0.717, 1.165) is 7.11 Å². The molecule has 0 aromatic heterocycles. The topological polar surface area (TPSA) is 136 Å². The second-order valence-electron chi connectivity index (χ2n) is 4.00. The lowest BCUT2D eigenvalue weighted by Crippen LogP contribution is -2.60. The Morgan fingerprint density at radius 2 is 2.00 bits per heavy atom. The number of hydrazine groups is 1. The van der Waals surface area contributed by atoms with Crippen molar-refractivity contribution in [2.24, 2.45) is 0 Å². The summed E-state index contributed by atoms with van der Waals surface area (Å²) in [5.41, 5.74) is -0.223. The third-order valence-electron chi connectivity index (χ3n) is 3.13. The molecule has 0 spiro atoms. The van der Waals surface area contributed by atoms with Gasteiger partial charge in [-0.1, -0.05) is 18.2 Å². The van der Waals surface area contributed by atoms with Gasteiger partial charge in [-0.3, -0.25) is 19.6 Å². The zero-order chi connectivity index (χ0) is 15.1. The predicted octanol–water partition coefficient (Wildman–Crippen LogP) is 0.443. The Labute approximate surface area is 111 Å². The van der Waals surface area contributed by atoms with Crippen LogP contribution in [-0.4, -0.2) is 34.0 Å². The molecule has 0 saturated carbocycles. The molecule has 2 rings (SSSR count). The van der Waals surface area contributed by atoms with E-state index in [2.05, 4.69) is 0 Å². The molecule has 1 aliphatic heterocycles. The molecule has 10 heteroatoms. The van der Waals surface area contributed by atoms with Crippen molar-refractivity contribution in [3.63, 3.8) is 0 Å². The number of anilines is 1. The lowest BCUT2D eigenvalue weighted by Gasteiger charge is -2.24. The summed E-state index contributed by atoms with van der Waals surface area (Å²) >= 11 is 0. The van der Waals surface area contributed by atoms with E-state index in [9.17, 15) is 30.1 Å². The van der Waals surface area contributed by atoms with Gasteiger partial charge in [0.05, 0.1) is 4.92 Å².